The minimum Gasteiger partial charge on any atom is -0.324 e. The number of carbonyl (C=O) groups excluding carboxylic acids is 2. The van der Waals surface area contributed by atoms with E-state index < -0.39 is 5.92 Å². The number of rotatable bonds is 2. The third kappa shape index (κ3) is 1.98. The van der Waals surface area contributed by atoms with Gasteiger partial charge < -0.3 is 4.98 Å². The molecule has 3 aromatic rings. The maximum absolute atomic E-state index is 12.5. The van der Waals surface area contributed by atoms with E-state index in [9.17, 15) is 9.59 Å². The van der Waals surface area contributed by atoms with Crippen LogP contribution >= 0.6 is 0 Å². The number of imidazole rings is 1. The van der Waals surface area contributed by atoms with E-state index in [1.807, 2.05) is 42.5 Å². The summed E-state index contributed by atoms with van der Waals surface area (Å²) in [6, 6.07) is 14.8. The summed E-state index contributed by atoms with van der Waals surface area (Å²) in [6.45, 7) is 0. The van der Waals surface area contributed by atoms with E-state index in [1.165, 1.54) is 0 Å². The summed E-state index contributed by atoms with van der Waals surface area (Å²) in [6.07, 6.45) is 0.214. The fourth-order valence-electron chi connectivity index (χ4n) is 2.91. The van der Waals surface area contributed by atoms with Gasteiger partial charge in [0.15, 0.2) is 5.78 Å². The van der Waals surface area contributed by atoms with Gasteiger partial charge in [-0.05, 0) is 17.7 Å². The minimum atomic E-state index is -0.447. The molecule has 0 saturated carbocycles. The molecule has 108 valence electrons. The molecule has 1 aliphatic rings. The van der Waals surface area contributed by atoms with Crippen molar-refractivity contribution in [2.24, 2.45) is 0 Å². The third-order valence-corrected chi connectivity index (χ3v) is 3.97. The number of anilines is 1. The van der Waals surface area contributed by atoms with Crippen LogP contribution in [0.4, 0.5) is 5.95 Å². The van der Waals surface area contributed by atoms with E-state index in [2.05, 4.69) is 15.3 Å². The van der Waals surface area contributed by atoms with E-state index in [4.69, 9.17) is 0 Å². The highest BCUT2D eigenvalue weighted by Crippen LogP contribution is 2.33. The second kappa shape index (κ2) is 4.80. The van der Waals surface area contributed by atoms with Crippen molar-refractivity contribution in [2.75, 3.05) is 5.32 Å². The Morgan fingerprint density at radius 3 is 2.77 bits per heavy atom. The smallest absolute Gasteiger partial charge is 0.234 e. The highest BCUT2D eigenvalue weighted by molar-refractivity contribution is 6.09. The highest BCUT2D eigenvalue weighted by atomic mass is 16.2. The topological polar surface area (TPSA) is 74.8 Å². The summed E-state index contributed by atoms with van der Waals surface area (Å²) >= 11 is 0. The van der Waals surface area contributed by atoms with Crippen molar-refractivity contribution in [1.29, 1.82) is 0 Å². The first-order valence-electron chi connectivity index (χ1n) is 7.10. The van der Waals surface area contributed by atoms with Crippen LogP contribution in [0.1, 0.15) is 28.3 Å². The van der Waals surface area contributed by atoms with E-state index in [1.54, 1.807) is 6.07 Å². The van der Waals surface area contributed by atoms with Crippen LogP contribution in [0.2, 0.25) is 0 Å². The van der Waals surface area contributed by atoms with Crippen molar-refractivity contribution in [3.8, 4) is 0 Å². The average Bonchev–Trinajstić information content (AvgIpc) is 3.08. The van der Waals surface area contributed by atoms with Crippen molar-refractivity contribution >= 4 is 28.7 Å². The molecule has 2 N–H and O–H groups in total. The number of aromatic amines is 1. The standard InChI is InChI=1S/C17H13N3O2/c21-15-9-12(10-5-1-2-6-11(10)15)16(22)20-17-18-13-7-3-4-8-14(13)19-17/h1-8,12H,9H2,(H2,18,19,20,22)/t12-/m0/s1. The lowest BCUT2D eigenvalue weighted by molar-refractivity contribution is -0.117. The summed E-state index contributed by atoms with van der Waals surface area (Å²) in [5.41, 5.74) is 3.09. The normalized spacial score (nSPS) is 16.7. The minimum absolute atomic E-state index is 0.0142. The molecule has 5 heteroatoms. The summed E-state index contributed by atoms with van der Waals surface area (Å²) in [5, 5.41) is 2.78. The molecule has 0 radical (unpaired) electrons. The molecular weight excluding hydrogens is 278 g/mol. The predicted molar refractivity (Wildman–Crippen MR) is 82.9 cm³/mol. The first-order valence-corrected chi connectivity index (χ1v) is 7.10. The summed E-state index contributed by atoms with van der Waals surface area (Å²) in [5.74, 6) is -0.238. The SMILES string of the molecule is O=C1C[C@H](C(=O)Nc2nc3ccccc3[nH]2)c2ccccc21. The van der Waals surface area contributed by atoms with Gasteiger partial charge in [-0.15, -0.1) is 0 Å². The second-order valence-corrected chi connectivity index (χ2v) is 5.36. The Morgan fingerprint density at radius 1 is 1.14 bits per heavy atom. The van der Waals surface area contributed by atoms with Crippen LogP contribution in [0.5, 0.6) is 0 Å². The lowest BCUT2D eigenvalue weighted by Crippen LogP contribution is -2.20. The van der Waals surface area contributed by atoms with Gasteiger partial charge in [-0.25, -0.2) is 4.98 Å². The fraction of sp³-hybridized carbons (Fsp3) is 0.118. The Morgan fingerprint density at radius 2 is 1.91 bits per heavy atom. The molecule has 1 amide bonds. The zero-order valence-corrected chi connectivity index (χ0v) is 11.7. The van der Waals surface area contributed by atoms with E-state index in [0.717, 1.165) is 16.6 Å². The van der Waals surface area contributed by atoms with E-state index in [0.29, 0.717) is 11.5 Å². The Balaban J connectivity index is 1.62. The molecule has 0 unspecified atom stereocenters. The third-order valence-electron chi connectivity index (χ3n) is 3.97. The largest absolute Gasteiger partial charge is 0.324 e. The molecular formula is C17H13N3O2. The number of amides is 1. The number of hydrogen-bond donors (Lipinski definition) is 2. The molecule has 0 aliphatic heterocycles. The molecule has 0 fully saturated rings. The van der Waals surface area contributed by atoms with Crippen molar-refractivity contribution in [2.45, 2.75) is 12.3 Å². The molecule has 0 bridgehead atoms. The molecule has 22 heavy (non-hydrogen) atoms. The van der Waals surface area contributed by atoms with Crippen LogP contribution in [0.15, 0.2) is 48.5 Å². The zero-order valence-electron chi connectivity index (χ0n) is 11.7. The molecule has 1 heterocycles. The van der Waals surface area contributed by atoms with Gasteiger partial charge in [0.05, 0.1) is 17.0 Å². The number of nitrogens with one attached hydrogen (secondary N) is 2. The van der Waals surface area contributed by atoms with Crippen molar-refractivity contribution in [3.05, 3.63) is 59.7 Å². The summed E-state index contributed by atoms with van der Waals surface area (Å²) < 4.78 is 0. The van der Waals surface area contributed by atoms with Crippen LogP contribution in [0.25, 0.3) is 11.0 Å². The molecule has 1 aromatic heterocycles. The molecule has 1 atom stereocenters. The number of fused-ring (bicyclic) bond motifs is 2. The summed E-state index contributed by atoms with van der Waals surface area (Å²) in [4.78, 5) is 31.8. The zero-order chi connectivity index (χ0) is 15.1. The van der Waals surface area contributed by atoms with Crippen molar-refractivity contribution in [1.82, 2.24) is 9.97 Å². The average molecular weight is 291 g/mol. The van der Waals surface area contributed by atoms with Crippen molar-refractivity contribution < 1.29 is 9.59 Å². The number of carbonyl (C=O) groups is 2. The monoisotopic (exact) mass is 291 g/mol. The van der Waals surface area contributed by atoms with Gasteiger partial charge in [0.1, 0.15) is 0 Å². The number of aromatic nitrogens is 2. The van der Waals surface area contributed by atoms with Gasteiger partial charge >= 0.3 is 0 Å². The lowest BCUT2D eigenvalue weighted by Gasteiger charge is -2.09. The van der Waals surface area contributed by atoms with Gasteiger partial charge in [-0.3, -0.25) is 14.9 Å². The molecule has 0 saturated heterocycles. The predicted octanol–water partition coefficient (Wildman–Crippen LogP) is 2.87. The van der Waals surface area contributed by atoms with Crippen LogP contribution in [0.3, 0.4) is 0 Å². The first-order chi connectivity index (χ1) is 10.7. The van der Waals surface area contributed by atoms with E-state index in [-0.39, 0.29) is 18.1 Å². The Bertz CT molecular complexity index is 865. The molecule has 5 nitrogen and oxygen atoms in total. The first kappa shape index (κ1) is 12.8. The highest BCUT2D eigenvalue weighted by Gasteiger charge is 2.34. The van der Waals surface area contributed by atoms with Gasteiger partial charge in [0.2, 0.25) is 11.9 Å². The Labute approximate surface area is 126 Å². The number of Topliss-reactive ketones (excluding diaryl/α,β-unsaturated/α-hetero) is 1. The van der Waals surface area contributed by atoms with Crippen LogP contribution in [0, 0.1) is 0 Å². The van der Waals surface area contributed by atoms with Gasteiger partial charge in [-0.1, -0.05) is 36.4 Å². The molecule has 1 aliphatic carbocycles. The van der Waals surface area contributed by atoms with E-state index >= 15 is 0 Å². The number of benzene rings is 2. The number of hydrogen-bond acceptors (Lipinski definition) is 3. The number of nitrogens with zero attached hydrogens (tertiary/aromatic N) is 1. The number of para-hydroxylation sites is 2. The Kier molecular flexibility index (Phi) is 2.79. The van der Waals surface area contributed by atoms with Crippen LogP contribution < -0.4 is 5.32 Å². The van der Waals surface area contributed by atoms with Gasteiger partial charge in [-0.2, -0.15) is 0 Å². The molecule has 0 spiro atoms. The van der Waals surface area contributed by atoms with Gasteiger partial charge in [0, 0.05) is 12.0 Å². The van der Waals surface area contributed by atoms with Crippen LogP contribution in [-0.2, 0) is 4.79 Å². The quantitative estimate of drug-likeness (QED) is 0.762. The molecule has 4 rings (SSSR count). The van der Waals surface area contributed by atoms with Gasteiger partial charge in [0.25, 0.3) is 0 Å². The molecule has 2 aromatic carbocycles. The van der Waals surface area contributed by atoms with Crippen molar-refractivity contribution in [3.63, 3.8) is 0 Å². The number of ketones is 1. The summed E-state index contributed by atoms with van der Waals surface area (Å²) in [7, 11) is 0. The maximum Gasteiger partial charge on any atom is 0.234 e. The maximum atomic E-state index is 12.5. The Hall–Kier alpha value is -2.95. The lowest BCUT2D eigenvalue weighted by atomic mass is 10.0. The number of H-pyrrole nitrogens is 1. The fourth-order valence-corrected chi connectivity index (χ4v) is 2.91. The van der Waals surface area contributed by atoms with Crippen LogP contribution in [-0.4, -0.2) is 21.7 Å². The second-order valence-electron chi connectivity index (χ2n) is 5.36.